The molecular weight excluding hydrogens is 278 g/mol. The molecule has 0 amide bonds. The van der Waals surface area contributed by atoms with E-state index in [1.54, 1.807) is 26.1 Å². The number of aliphatic carboxylic acids is 1. The summed E-state index contributed by atoms with van der Waals surface area (Å²) < 4.78 is 1.27. The second-order valence-corrected chi connectivity index (χ2v) is 5.48. The van der Waals surface area contributed by atoms with E-state index in [1.807, 2.05) is 42.5 Å². The molecule has 1 aromatic heterocycles. The lowest BCUT2D eigenvalue weighted by Gasteiger charge is -2.19. The largest absolute Gasteiger partial charge is 0.480 e. The molecule has 0 bridgehead atoms. The monoisotopic (exact) mass is 297 g/mol. The Balaban J connectivity index is 2.28. The van der Waals surface area contributed by atoms with Gasteiger partial charge in [0.05, 0.1) is 0 Å². The van der Waals surface area contributed by atoms with Gasteiger partial charge in [0.2, 0.25) is 0 Å². The van der Waals surface area contributed by atoms with Crippen LogP contribution < -0.4 is 5.56 Å². The van der Waals surface area contributed by atoms with Gasteiger partial charge >= 0.3 is 5.97 Å². The van der Waals surface area contributed by atoms with Crippen molar-refractivity contribution in [2.24, 2.45) is 5.92 Å². The SMILES string of the molecule is CC(C)C(C(=O)O)n1ccc(/C=C/c2ccccc2)cc1=O. The summed E-state index contributed by atoms with van der Waals surface area (Å²) in [7, 11) is 0. The highest BCUT2D eigenvalue weighted by Crippen LogP contribution is 2.16. The third kappa shape index (κ3) is 3.73. The van der Waals surface area contributed by atoms with Crippen LogP contribution in [0.3, 0.4) is 0 Å². The van der Waals surface area contributed by atoms with Crippen molar-refractivity contribution in [1.82, 2.24) is 4.57 Å². The first-order chi connectivity index (χ1) is 10.5. The molecule has 0 aliphatic carbocycles. The molecule has 1 heterocycles. The molecule has 1 unspecified atom stereocenters. The zero-order valence-corrected chi connectivity index (χ0v) is 12.6. The highest BCUT2D eigenvalue weighted by molar-refractivity contribution is 5.72. The van der Waals surface area contributed by atoms with Crippen LogP contribution in [0.25, 0.3) is 12.2 Å². The van der Waals surface area contributed by atoms with Crippen LogP contribution >= 0.6 is 0 Å². The van der Waals surface area contributed by atoms with Gasteiger partial charge in [0, 0.05) is 12.3 Å². The minimum atomic E-state index is -0.996. The molecule has 1 N–H and O–H groups in total. The van der Waals surface area contributed by atoms with Gasteiger partial charge in [0.25, 0.3) is 5.56 Å². The number of carboxylic acid groups (broad SMARTS) is 1. The maximum Gasteiger partial charge on any atom is 0.327 e. The summed E-state index contributed by atoms with van der Waals surface area (Å²) in [6.45, 7) is 3.57. The molecule has 2 rings (SSSR count). The van der Waals surface area contributed by atoms with Crippen molar-refractivity contribution in [1.29, 1.82) is 0 Å². The van der Waals surface area contributed by atoms with Gasteiger partial charge in [-0.3, -0.25) is 4.79 Å². The van der Waals surface area contributed by atoms with Crippen LogP contribution in [0.4, 0.5) is 0 Å². The number of carbonyl (C=O) groups is 1. The quantitative estimate of drug-likeness (QED) is 0.921. The van der Waals surface area contributed by atoms with Crippen molar-refractivity contribution in [3.8, 4) is 0 Å². The van der Waals surface area contributed by atoms with E-state index < -0.39 is 12.0 Å². The molecule has 0 fully saturated rings. The van der Waals surface area contributed by atoms with E-state index in [2.05, 4.69) is 0 Å². The van der Waals surface area contributed by atoms with E-state index in [4.69, 9.17) is 0 Å². The highest BCUT2D eigenvalue weighted by atomic mass is 16.4. The Hall–Kier alpha value is -2.62. The van der Waals surface area contributed by atoms with Crippen LogP contribution in [0.2, 0.25) is 0 Å². The van der Waals surface area contributed by atoms with Crippen molar-refractivity contribution >= 4 is 18.1 Å². The molecule has 4 heteroatoms. The number of nitrogens with zero attached hydrogens (tertiary/aromatic N) is 1. The van der Waals surface area contributed by atoms with Gasteiger partial charge in [0.1, 0.15) is 6.04 Å². The van der Waals surface area contributed by atoms with E-state index >= 15 is 0 Å². The van der Waals surface area contributed by atoms with E-state index in [1.165, 1.54) is 10.6 Å². The fourth-order valence-corrected chi connectivity index (χ4v) is 2.32. The highest BCUT2D eigenvalue weighted by Gasteiger charge is 2.23. The van der Waals surface area contributed by atoms with Crippen LogP contribution in [0.1, 0.15) is 31.0 Å². The molecule has 0 aliphatic heterocycles. The minimum Gasteiger partial charge on any atom is -0.480 e. The third-order valence-corrected chi connectivity index (χ3v) is 3.42. The molecular formula is C18H19NO3. The maximum atomic E-state index is 12.2. The zero-order valence-electron chi connectivity index (χ0n) is 12.6. The first-order valence-electron chi connectivity index (χ1n) is 7.17. The summed E-state index contributed by atoms with van der Waals surface area (Å²) in [6, 6.07) is 12.1. The van der Waals surface area contributed by atoms with Crippen LogP contribution in [-0.4, -0.2) is 15.6 Å². The van der Waals surface area contributed by atoms with Crippen molar-refractivity contribution in [3.63, 3.8) is 0 Å². The molecule has 0 saturated heterocycles. The van der Waals surface area contributed by atoms with Crippen molar-refractivity contribution < 1.29 is 9.90 Å². The van der Waals surface area contributed by atoms with Gasteiger partial charge < -0.3 is 9.67 Å². The number of aromatic nitrogens is 1. The lowest BCUT2D eigenvalue weighted by atomic mass is 10.0. The fraction of sp³-hybridized carbons (Fsp3) is 0.222. The lowest BCUT2D eigenvalue weighted by molar-refractivity contribution is -0.142. The Kier molecular flexibility index (Phi) is 4.94. The average Bonchev–Trinajstić information content (AvgIpc) is 2.48. The van der Waals surface area contributed by atoms with Crippen molar-refractivity contribution in [3.05, 3.63) is 70.1 Å². The standard InChI is InChI=1S/C18H19NO3/c1-13(2)17(18(21)22)19-11-10-15(12-16(19)20)9-8-14-6-4-3-5-7-14/h3-13,17H,1-2H3,(H,21,22)/b9-8+. The summed E-state index contributed by atoms with van der Waals surface area (Å²) in [5, 5.41) is 9.27. The van der Waals surface area contributed by atoms with Gasteiger partial charge in [-0.2, -0.15) is 0 Å². The van der Waals surface area contributed by atoms with E-state index in [9.17, 15) is 14.7 Å². The number of hydrogen-bond donors (Lipinski definition) is 1. The summed E-state index contributed by atoms with van der Waals surface area (Å²) in [5.41, 5.74) is 1.48. The van der Waals surface area contributed by atoms with Crippen LogP contribution in [0.15, 0.2) is 53.5 Å². The molecule has 1 atom stereocenters. The maximum absolute atomic E-state index is 12.2. The number of carboxylic acids is 1. The Labute approximate surface area is 129 Å². The second-order valence-electron chi connectivity index (χ2n) is 5.48. The van der Waals surface area contributed by atoms with Gasteiger partial charge in [0.15, 0.2) is 0 Å². The summed E-state index contributed by atoms with van der Waals surface area (Å²) >= 11 is 0. The van der Waals surface area contributed by atoms with Gasteiger partial charge in [-0.25, -0.2) is 4.79 Å². The summed E-state index contributed by atoms with van der Waals surface area (Å²) in [4.78, 5) is 23.5. The van der Waals surface area contributed by atoms with Crippen molar-refractivity contribution in [2.75, 3.05) is 0 Å². The number of rotatable bonds is 5. The van der Waals surface area contributed by atoms with E-state index in [0.29, 0.717) is 0 Å². The number of benzene rings is 1. The summed E-state index contributed by atoms with van der Waals surface area (Å²) in [5.74, 6) is -1.16. The van der Waals surface area contributed by atoms with E-state index in [-0.39, 0.29) is 11.5 Å². The normalized spacial score (nSPS) is 12.7. The molecule has 0 saturated carbocycles. The minimum absolute atomic E-state index is 0.166. The predicted octanol–water partition coefficient (Wildman–Crippen LogP) is 3.30. The van der Waals surface area contributed by atoms with Crippen LogP contribution in [-0.2, 0) is 4.79 Å². The molecule has 1 aromatic carbocycles. The first-order valence-corrected chi connectivity index (χ1v) is 7.17. The molecule has 2 aromatic rings. The smallest absolute Gasteiger partial charge is 0.327 e. The zero-order chi connectivity index (χ0) is 16.1. The molecule has 114 valence electrons. The Morgan fingerprint density at radius 3 is 2.27 bits per heavy atom. The Morgan fingerprint density at radius 1 is 1.09 bits per heavy atom. The van der Waals surface area contributed by atoms with E-state index in [0.717, 1.165) is 11.1 Å². The average molecular weight is 297 g/mol. The first kappa shape index (κ1) is 15.8. The Morgan fingerprint density at radius 2 is 1.73 bits per heavy atom. The topological polar surface area (TPSA) is 59.3 Å². The molecule has 4 nitrogen and oxygen atoms in total. The number of pyridine rings is 1. The third-order valence-electron chi connectivity index (χ3n) is 3.42. The van der Waals surface area contributed by atoms with Crippen molar-refractivity contribution in [2.45, 2.75) is 19.9 Å². The van der Waals surface area contributed by atoms with Gasteiger partial charge in [-0.05, 0) is 23.1 Å². The van der Waals surface area contributed by atoms with Gasteiger partial charge in [-0.15, -0.1) is 0 Å². The number of hydrogen-bond acceptors (Lipinski definition) is 2. The Bertz CT molecular complexity index is 729. The molecule has 0 radical (unpaired) electrons. The molecule has 0 aliphatic rings. The van der Waals surface area contributed by atoms with Crippen LogP contribution in [0.5, 0.6) is 0 Å². The fourth-order valence-electron chi connectivity index (χ4n) is 2.32. The second kappa shape index (κ2) is 6.89. The molecule has 0 spiro atoms. The van der Waals surface area contributed by atoms with Crippen LogP contribution in [0, 0.1) is 5.92 Å². The molecule has 22 heavy (non-hydrogen) atoms. The van der Waals surface area contributed by atoms with Gasteiger partial charge in [-0.1, -0.05) is 56.3 Å². The predicted molar refractivity (Wildman–Crippen MR) is 87.6 cm³/mol. The summed E-state index contributed by atoms with van der Waals surface area (Å²) in [6.07, 6.45) is 5.30. The lowest BCUT2D eigenvalue weighted by Crippen LogP contribution is -2.32.